The highest BCUT2D eigenvalue weighted by Crippen LogP contribution is 2.13. The molecule has 1 aromatic carbocycles. The molecule has 11 heavy (non-hydrogen) atoms. The molecule has 0 aliphatic carbocycles. The van der Waals surface area contributed by atoms with Gasteiger partial charge in [-0.2, -0.15) is 0 Å². The second-order valence-electron chi connectivity index (χ2n) is 3.05. The van der Waals surface area contributed by atoms with Crippen molar-refractivity contribution in [2.24, 2.45) is 5.73 Å². The maximum atomic E-state index is 5.54. The molecule has 1 aromatic rings. The zero-order valence-corrected chi connectivity index (χ0v) is 7.17. The van der Waals surface area contributed by atoms with E-state index < -0.39 is 0 Å². The van der Waals surface area contributed by atoms with E-state index in [1.54, 1.807) is 0 Å². The fourth-order valence-electron chi connectivity index (χ4n) is 1.03. The van der Waals surface area contributed by atoms with E-state index in [0.29, 0.717) is 5.92 Å². The molecule has 1 heteroatoms. The third-order valence-electron chi connectivity index (χ3n) is 2.00. The SMILES string of the molecule is Cc1ccc(C(C)CN)cc1. The van der Waals surface area contributed by atoms with Gasteiger partial charge in [0.1, 0.15) is 0 Å². The largest absolute Gasteiger partial charge is 0.330 e. The molecule has 60 valence electrons. The molecule has 1 nitrogen and oxygen atoms in total. The normalized spacial score (nSPS) is 13.0. The van der Waals surface area contributed by atoms with Gasteiger partial charge in [0.15, 0.2) is 0 Å². The Balaban J connectivity index is 2.81. The van der Waals surface area contributed by atoms with E-state index >= 15 is 0 Å². The van der Waals surface area contributed by atoms with Crippen LogP contribution in [0.1, 0.15) is 24.0 Å². The summed E-state index contributed by atoms with van der Waals surface area (Å²) in [6.45, 7) is 4.96. The first-order valence-corrected chi connectivity index (χ1v) is 4.00. The van der Waals surface area contributed by atoms with E-state index in [-0.39, 0.29) is 0 Å². The Morgan fingerprint density at radius 2 is 1.82 bits per heavy atom. The lowest BCUT2D eigenvalue weighted by Crippen LogP contribution is -2.08. The molecule has 0 bridgehead atoms. The van der Waals surface area contributed by atoms with Gasteiger partial charge < -0.3 is 5.73 Å². The predicted octanol–water partition coefficient (Wildman–Crippen LogP) is 2.06. The Bertz CT molecular complexity index is 213. The summed E-state index contributed by atoms with van der Waals surface area (Å²) in [6.07, 6.45) is 0. The monoisotopic (exact) mass is 149 g/mol. The molecule has 0 aromatic heterocycles. The topological polar surface area (TPSA) is 26.0 Å². The molecule has 0 saturated carbocycles. The van der Waals surface area contributed by atoms with Crippen LogP contribution in [-0.4, -0.2) is 6.54 Å². The first-order chi connectivity index (χ1) is 5.24. The molecule has 0 aliphatic heterocycles. The smallest absolute Gasteiger partial charge is 0.00109 e. The number of aryl methyl sites for hydroxylation is 1. The van der Waals surface area contributed by atoms with Crippen LogP contribution in [0.5, 0.6) is 0 Å². The lowest BCUT2D eigenvalue weighted by atomic mass is 10.0. The Labute approximate surface area is 68.2 Å². The highest BCUT2D eigenvalue weighted by molar-refractivity contribution is 5.24. The van der Waals surface area contributed by atoms with E-state index in [0.717, 1.165) is 6.54 Å². The minimum atomic E-state index is 0.482. The number of hydrogen-bond donors (Lipinski definition) is 1. The lowest BCUT2D eigenvalue weighted by molar-refractivity contribution is 0.774. The average molecular weight is 149 g/mol. The predicted molar refractivity (Wildman–Crippen MR) is 48.6 cm³/mol. The van der Waals surface area contributed by atoms with E-state index in [9.17, 15) is 0 Å². The van der Waals surface area contributed by atoms with Crippen molar-refractivity contribution in [2.75, 3.05) is 6.54 Å². The van der Waals surface area contributed by atoms with Crippen molar-refractivity contribution in [3.63, 3.8) is 0 Å². The van der Waals surface area contributed by atoms with Gasteiger partial charge in [-0.25, -0.2) is 0 Å². The van der Waals surface area contributed by atoms with Crippen LogP contribution in [0.15, 0.2) is 24.3 Å². The van der Waals surface area contributed by atoms with E-state index in [2.05, 4.69) is 38.1 Å². The van der Waals surface area contributed by atoms with Gasteiger partial charge in [-0.1, -0.05) is 36.8 Å². The highest BCUT2D eigenvalue weighted by Gasteiger charge is 2.00. The first-order valence-electron chi connectivity index (χ1n) is 4.00. The Kier molecular flexibility index (Phi) is 2.66. The van der Waals surface area contributed by atoms with Crippen LogP contribution in [0.2, 0.25) is 0 Å². The molecular formula is C10H15N. The average Bonchev–Trinajstić information content (AvgIpc) is 2.05. The Hall–Kier alpha value is -0.820. The maximum absolute atomic E-state index is 5.54. The van der Waals surface area contributed by atoms with Gasteiger partial charge in [0.05, 0.1) is 0 Å². The molecule has 2 N–H and O–H groups in total. The van der Waals surface area contributed by atoms with Gasteiger partial charge in [0, 0.05) is 0 Å². The van der Waals surface area contributed by atoms with Gasteiger partial charge in [-0.15, -0.1) is 0 Å². The molecular weight excluding hydrogens is 134 g/mol. The molecule has 1 atom stereocenters. The van der Waals surface area contributed by atoms with Crippen molar-refractivity contribution < 1.29 is 0 Å². The van der Waals surface area contributed by atoms with Crippen LogP contribution in [0.25, 0.3) is 0 Å². The van der Waals surface area contributed by atoms with Crippen LogP contribution in [0.4, 0.5) is 0 Å². The van der Waals surface area contributed by atoms with Gasteiger partial charge >= 0.3 is 0 Å². The number of rotatable bonds is 2. The number of hydrogen-bond acceptors (Lipinski definition) is 1. The van der Waals surface area contributed by atoms with Gasteiger partial charge in [0.2, 0.25) is 0 Å². The first kappa shape index (κ1) is 8.28. The van der Waals surface area contributed by atoms with Gasteiger partial charge in [-0.05, 0) is 24.9 Å². The van der Waals surface area contributed by atoms with Crippen molar-refractivity contribution in [3.8, 4) is 0 Å². The minimum absolute atomic E-state index is 0.482. The molecule has 0 radical (unpaired) electrons. The molecule has 0 saturated heterocycles. The maximum Gasteiger partial charge on any atom is -0.00109 e. The quantitative estimate of drug-likeness (QED) is 0.684. The van der Waals surface area contributed by atoms with Crippen LogP contribution in [0.3, 0.4) is 0 Å². The number of nitrogens with two attached hydrogens (primary N) is 1. The molecule has 0 fully saturated rings. The van der Waals surface area contributed by atoms with Gasteiger partial charge in [0.25, 0.3) is 0 Å². The van der Waals surface area contributed by atoms with E-state index in [1.165, 1.54) is 11.1 Å². The van der Waals surface area contributed by atoms with Crippen molar-refractivity contribution in [2.45, 2.75) is 19.8 Å². The summed E-state index contributed by atoms with van der Waals surface area (Å²) < 4.78 is 0. The molecule has 1 rings (SSSR count). The van der Waals surface area contributed by atoms with Crippen LogP contribution >= 0.6 is 0 Å². The lowest BCUT2D eigenvalue weighted by Gasteiger charge is -2.07. The highest BCUT2D eigenvalue weighted by atomic mass is 14.5. The zero-order valence-electron chi connectivity index (χ0n) is 7.17. The molecule has 0 heterocycles. The molecule has 0 spiro atoms. The molecule has 0 amide bonds. The summed E-state index contributed by atoms with van der Waals surface area (Å²) in [6, 6.07) is 8.54. The summed E-state index contributed by atoms with van der Waals surface area (Å²) in [4.78, 5) is 0. The summed E-state index contributed by atoms with van der Waals surface area (Å²) >= 11 is 0. The fraction of sp³-hybridized carbons (Fsp3) is 0.400. The van der Waals surface area contributed by atoms with E-state index in [4.69, 9.17) is 5.73 Å². The van der Waals surface area contributed by atoms with Gasteiger partial charge in [-0.3, -0.25) is 0 Å². The van der Waals surface area contributed by atoms with Crippen molar-refractivity contribution in [3.05, 3.63) is 35.4 Å². The Morgan fingerprint density at radius 1 is 1.27 bits per heavy atom. The minimum Gasteiger partial charge on any atom is -0.330 e. The standard InChI is InChI=1S/C10H15N/c1-8-3-5-10(6-4-8)9(2)7-11/h3-6,9H,7,11H2,1-2H3. The summed E-state index contributed by atoms with van der Waals surface area (Å²) in [5.74, 6) is 0.482. The van der Waals surface area contributed by atoms with Crippen molar-refractivity contribution in [1.29, 1.82) is 0 Å². The third-order valence-corrected chi connectivity index (χ3v) is 2.00. The van der Waals surface area contributed by atoms with Crippen molar-refractivity contribution >= 4 is 0 Å². The number of benzene rings is 1. The summed E-state index contributed by atoms with van der Waals surface area (Å²) in [7, 11) is 0. The second kappa shape index (κ2) is 3.54. The van der Waals surface area contributed by atoms with Crippen LogP contribution in [0, 0.1) is 6.92 Å². The molecule has 1 unspecified atom stereocenters. The van der Waals surface area contributed by atoms with Crippen LogP contribution < -0.4 is 5.73 Å². The van der Waals surface area contributed by atoms with Crippen molar-refractivity contribution in [1.82, 2.24) is 0 Å². The fourth-order valence-corrected chi connectivity index (χ4v) is 1.03. The summed E-state index contributed by atoms with van der Waals surface area (Å²) in [5.41, 5.74) is 8.18. The zero-order chi connectivity index (χ0) is 8.27. The van der Waals surface area contributed by atoms with E-state index in [1.807, 2.05) is 0 Å². The summed E-state index contributed by atoms with van der Waals surface area (Å²) in [5, 5.41) is 0. The molecule has 0 aliphatic rings. The van der Waals surface area contributed by atoms with Crippen LogP contribution in [-0.2, 0) is 0 Å². The third kappa shape index (κ3) is 2.05. The second-order valence-corrected chi connectivity index (χ2v) is 3.05. The Morgan fingerprint density at radius 3 is 2.27 bits per heavy atom.